The first-order chi connectivity index (χ1) is 8.70. The smallest absolute Gasteiger partial charge is 0.165 e. The third kappa shape index (κ3) is 2.84. The third-order valence-electron chi connectivity index (χ3n) is 2.54. The van der Waals surface area contributed by atoms with Gasteiger partial charge in [-0.2, -0.15) is 0 Å². The molecule has 2 rings (SSSR count). The maximum absolute atomic E-state index is 13.4. The Morgan fingerprint density at radius 1 is 1.06 bits per heavy atom. The molecule has 2 aromatic carbocycles. The summed E-state index contributed by atoms with van der Waals surface area (Å²) in [6.07, 6.45) is -0.572. The molecule has 1 unspecified atom stereocenters. The van der Waals surface area contributed by atoms with Crippen LogP contribution in [-0.4, -0.2) is 6.54 Å². The summed E-state index contributed by atoms with van der Waals surface area (Å²) in [5.41, 5.74) is 6.17. The fourth-order valence-electron chi connectivity index (χ4n) is 1.65. The maximum Gasteiger partial charge on any atom is 0.165 e. The number of para-hydroxylation sites is 1. The van der Waals surface area contributed by atoms with E-state index in [0.29, 0.717) is 5.56 Å². The molecule has 0 aliphatic heterocycles. The van der Waals surface area contributed by atoms with Crippen LogP contribution in [-0.2, 0) is 0 Å². The molecule has 0 spiro atoms. The SMILES string of the molecule is NCC(Oc1ccccc1F)c1cccc(F)c1. The molecule has 0 fully saturated rings. The van der Waals surface area contributed by atoms with Crippen molar-refractivity contribution in [3.8, 4) is 5.75 Å². The highest BCUT2D eigenvalue weighted by atomic mass is 19.1. The van der Waals surface area contributed by atoms with Crippen molar-refractivity contribution in [1.29, 1.82) is 0 Å². The topological polar surface area (TPSA) is 35.2 Å². The summed E-state index contributed by atoms with van der Waals surface area (Å²) in [6, 6.07) is 12.0. The molecule has 0 saturated carbocycles. The van der Waals surface area contributed by atoms with E-state index in [-0.39, 0.29) is 18.1 Å². The summed E-state index contributed by atoms with van der Waals surface area (Å²) in [6.45, 7) is 0.137. The Morgan fingerprint density at radius 3 is 2.50 bits per heavy atom. The van der Waals surface area contributed by atoms with Crippen molar-refractivity contribution in [2.45, 2.75) is 6.10 Å². The van der Waals surface area contributed by atoms with Crippen LogP contribution in [0, 0.1) is 11.6 Å². The summed E-state index contributed by atoms with van der Waals surface area (Å²) >= 11 is 0. The fourth-order valence-corrected chi connectivity index (χ4v) is 1.65. The molecule has 0 aromatic heterocycles. The van der Waals surface area contributed by atoms with Gasteiger partial charge in [-0.15, -0.1) is 0 Å². The lowest BCUT2D eigenvalue weighted by molar-refractivity contribution is 0.204. The first-order valence-electron chi connectivity index (χ1n) is 5.57. The molecule has 0 saturated heterocycles. The Bertz CT molecular complexity index is 531. The number of rotatable bonds is 4. The average Bonchev–Trinajstić information content (AvgIpc) is 2.38. The average molecular weight is 249 g/mol. The van der Waals surface area contributed by atoms with Gasteiger partial charge in [-0.25, -0.2) is 8.78 Å². The second-order valence-corrected chi connectivity index (χ2v) is 3.83. The van der Waals surface area contributed by atoms with E-state index < -0.39 is 11.9 Å². The molecule has 1 atom stereocenters. The molecule has 2 N–H and O–H groups in total. The van der Waals surface area contributed by atoms with Gasteiger partial charge in [0.1, 0.15) is 11.9 Å². The van der Waals surface area contributed by atoms with Gasteiger partial charge in [-0.1, -0.05) is 24.3 Å². The van der Waals surface area contributed by atoms with Gasteiger partial charge in [0.05, 0.1) is 0 Å². The van der Waals surface area contributed by atoms with Crippen molar-refractivity contribution in [3.05, 3.63) is 65.7 Å². The highest BCUT2D eigenvalue weighted by molar-refractivity contribution is 5.26. The van der Waals surface area contributed by atoms with Gasteiger partial charge >= 0.3 is 0 Å². The molecular formula is C14H13F2NO. The van der Waals surface area contributed by atoms with E-state index in [0.717, 1.165) is 0 Å². The molecule has 0 amide bonds. The minimum Gasteiger partial charge on any atom is -0.481 e. The summed E-state index contributed by atoms with van der Waals surface area (Å²) < 4.78 is 32.0. The van der Waals surface area contributed by atoms with Crippen molar-refractivity contribution >= 4 is 0 Å². The normalized spacial score (nSPS) is 12.2. The molecule has 0 aliphatic carbocycles. The van der Waals surface area contributed by atoms with Crippen LogP contribution in [0.5, 0.6) is 5.75 Å². The maximum atomic E-state index is 13.4. The van der Waals surface area contributed by atoms with Gasteiger partial charge in [0.15, 0.2) is 11.6 Å². The predicted molar refractivity (Wildman–Crippen MR) is 65.2 cm³/mol. The number of ether oxygens (including phenoxy) is 1. The van der Waals surface area contributed by atoms with E-state index in [1.54, 1.807) is 24.3 Å². The third-order valence-corrected chi connectivity index (χ3v) is 2.54. The van der Waals surface area contributed by atoms with Crippen LogP contribution in [0.25, 0.3) is 0 Å². The van der Waals surface area contributed by atoms with E-state index in [9.17, 15) is 8.78 Å². The Labute approximate surface area is 104 Å². The summed E-state index contributed by atoms with van der Waals surface area (Å²) in [5.74, 6) is -0.729. The van der Waals surface area contributed by atoms with Crippen molar-refractivity contribution in [2.75, 3.05) is 6.54 Å². The predicted octanol–water partition coefficient (Wildman–Crippen LogP) is 3.04. The first-order valence-corrected chi connectivity index (χ1v) is 5.57. The second kappa shape index (κ2) is 5.60. The van der Waals surface area contributed by atoms with E-state index in [2.05, 4.69) is 0 Å². The molecular weight excluding hydrogens is 236 g/mol. The number of benzene rings is 2. The minimum atomic E-state index is -0.572. The second-order valence-electron chi connectivity index (χ2n) is 3.83. The monoisotopic (exact) mass is 249 g/mol. The zero-order valence-corrected chi connectivity index (χ0v) is 9.64. The largest absolute Gasteiger partial charge is 0.481 e. The zero-order valence-electron chi connectivity index (χ0n) is 9.64. The van der Waals surface area contributed by atoms with Crippen LogP contribution in [0.3, 0.4) is 0 Å². The summed E-state index contributed by atoms with van der Waals surface area (Å²) in [7, 11) is 0. The Hall–Kier alpha value is -1.94. The highest BCUT2D eigenvalue weighted by Gasteiger charge is 2.14. The molecule has 0 radical (unpaired) electrons. The molecule has 0 aliphatic rings. The molecule has 4 heteroatoms. The number of halogens is 2. The standard InChI is InChI=1S/C14H13F2NO/c15-11-5-3-4-10(8-11)14(9-17)18-13-7-2-1-6-12(13)16/h1-8,14H,9,17H2. The number of hydrogen-bond acceptors (Lipinski definition) is 2. The Morgan fingerprint density at radius 2 is 1.83 bits per heavy atom. The van der Waals surface area contributed by atoms with Gasteiger partial charge in [-0.05, 0) is 29.8 Å². The molecule has 0 bridgehead atoms. The van der Waals surface area contributed by atoms with Crippen molar-refractivity contribution in [2.24, 2.45) is 5.73 Å². The van der Waals surface area contributed by atoms with Crippen LogP contribution >= 0.6 is 0 Å². The number of hydrogen-bond donors (Lipinski definition) is 1. The quantitative estimate of drug-likeness (QED) is 0.903. The minimum absolute atomic E-state index is 0.109. The lowest BCUT2D eigenvalue weighted by Gasteiger charge is -2.18. The van der Waals surface area contributed by atoms with E-state index in [4.69, 9.17) is 10.5 Å². The van der Waals surface area contributed by atoms with Crippen LogP contribution < -0.4 is 10.5 Å². The van der Waals surface area contributed by atoms with Crippen molar-refractivity contribution < 1.29 is 13.5 Å². The lowest BCUT2D eigenvalue weighted by Crippen LogP contribution is -2.19. The van der Waals surface area contributed by atoms with Crippen molar-refractivity contribution in [1.82, 2.24) is 0 Å². The van der Waals surface area contributed by atoms with Crippen molar-refractivity contribution in [3.63, 3.8) is 0 Å². The van der Waals surface area contributed by atoms with Crippen LogP contribution in [0.4, 0.5) is 8.78 Å². The van der Waals surface area contributed by atoms with Crippen LogP contribution in [0.15, 0.2) is 48.5 Å². The lowest BCUT2D eigenvalue weighted by atomic mass is 10.1. The van der Waals surface area contributed by atoms with E-state index in [1.807, 2.05) is 0 Å². The molecule has 2 aromatic rings. The van der Waals surface area contributed by atoms with E-state index >= 15 is 0 Å². The van der Waals surface area contributed by atoms with Gasteiger partial charge in [0.25, 0.3) is 0 Å². The van der Waals surface area contributed by atoms with Crippen LogP contribution in [0.1, 0.15) is 11.7 Å². The molecule has 0 heterocycles. The van der Waals surface area contributed by atoms with Crippen LogP contribution in [0.2, 0.25) is 0 Å². The zero-order chi connectivity index (χ0) is 13.0. The highest BCUT2D eigenvalue weighted by Crippen LogP contribution is 2.24. The van der Waals surface area contributed by atoms with E-state index in [1.165, 1.54) is 24.3 Å². The van der Waals surface area contributed by atoms with Gasteiger partial charge in [-0.3, -0.25) is 0 Å². The number of nitrogens with two attached hydrogens (primary N) is 1. The molecule has 94 valence electrons. The van der Waals surface area contributed by atoms with Gasteiger partial charge < -0.3 is 10.5 Å². The fraction of sp³-hybridized carbons (Fsp3) is 0.143. The first kappa shape index (κ1) is 12.5. The Kier molecular flexibility index (Phi) is 3.89. The molecule has 2 nitrogen and oxygen atoms in total. The van der Waals surface area contributed by atoms with Gasteiger partial charge in [0, 0.05) is 6.54 Å². The molecule has 18 heavy (non-hydrogen) atoms. The summed E-state index contributed by atoms with van der Waals surface area (Å²) in [5, 5.41) is 0. The Balaban J connectivity index is 2.23. The van der Waals surface area contributed by atoms with Gasteiger partial charge in [0.2, 0.25) is 0 Å². The summed E-state index contributed by atoms with van der Waals surface area (Å²) in [4.78, 5) is 0.